The summed E-state index contributed by atoms with van der Waals surface area (Å²) in [5.74, 6) is -2.16. The molecule has 7 heteroatoms. The fourth-order valence-electron chi connectivity index (χ4n) is 2.46. The summed E-state index contributed by atoms with van der Waals surface area (Å²) in [6.45, 7) is 3.44. The predicted octanol–water partition coefficient (Wildman–Crippen LogP) is 1.30. The van der Waals surface area contributed by atoms with E-state index in [4.69, 9.17) is 0 Å². The molecular formula is C16H21F2N3O2. The molecule has 0 saturated carbocycles. The predicted molar refractivity (Wildman–Crippen MR) is 82.0 cm³/mol. The van der Waals surface area contributed by atoms with Crippen molar-refractivity contribution >= 4 is 11.8 Å². The number of hydrogen-bond acceptors (Lipinski definition) is 3. The minimum atomic E-state index is -0.893. The lowest BCUT2D eigenvalue weighted by molar-refractivity contribution is -0.131. The van der Waals surface area contributed by atoms with Crippen LogP contribution in [0.4, 0.5) is 8.78 Å². The molecule has 2 N–H and O–H groups in total. The van der Waals surface area contributed by atoms with Gasteiger partial charge < -0.3 is 15.5 Å². The van der Waals surface area contributed by atoms with Gasteiger partial charge in [-0.2, -0.15) is 0 Å². The van der Waals surface area contributed by atoms with E-state index in [1.165, 1.54) is 0 Å². The summed E-state index contributed by atoms with van der Waals surface area (Å²) in [6.07, 6.45) is 1.76. The van der Waals surface area contributed by atoms with Crippen LogP contribution in [0.15, 0.2) is 18.2 Å². The largest absolute Gasteiger partial charge is 0.352 e. The highest BCUT2D eigenvalue weighted by Crippen LogP contribution is 2.09. The molecule has 1 aliphatic heterocycles. The van der Waals surface area contributed by atoms with Crippen LogP contribution < -0.4 is 10.6 Å². The van der Waals surface area contributed by atoms with Crippen molar-refractivity contribution in [2.24, 2.45) is 0 Å². The Morgan fingerprint density at radius 2 is 2.04 bits per heavy atom. The molecule has 1 aliphatic rings. The Balaban J connectivity index is 1.72. The number of carbonyl (C=O) groups excluding carboxylic acids is 2. The zero-order valence-corrected chi connectivity index (χ0v) is 12.9. The average Bonchev–Trinajstić information content (AvgIpc) is 2.80. The molecule has 0 atom stereocenters. The number of carbonyl (C=O) groups is 2. The molecule has 0 radical (unpaired) electrons. The number of rotatable bonds is 5. The molecule has 23 heavy (non-hydrogen) atoms. The van der Waals surface area contributed by atoms with E-state index in [9.17, 15) is 18.4 Å². The van der Waals surface area contributed by atoms with Crippen molar-refractivity contribution in [1.29, 1.82) is 0 Å². The van der Waals surface area contributed by atoms with E-state index in [2.05, 4.69) is 10.6 Å². The highest BCUT2D eigenvalue weighted by Gasteiger charge is 2.15. The molecule has 0 bridgehead atoms. The minimum absolute atomic E-state index is 0.0657. The van der Waals surface area contributed by atoms with Gasteiger partial charge in [-0.25, -0.2) is 8.78 Å². The van der Waals surface area contributed by atoms with Gasteiger partial charge in [0.05, 0.1) is 5.56 Å². The van der Waals surface area contributed by atoms with Crippen LogP contribution in [0.3, 0.4) is 0 Å². The fraction of sp³-hybridized carbons (Fsp3) is 0.500. The molecular weight excluding hydrogens is 304 g/mol. The number of hydrogen-bond donors (Lipinski definition) is 2. The third-order valence-corrected chi connectivity index (χ3v) is 3.72. The first-order chi connectivity index (χ1) is 11.1. The minimum Gasteiger partial charge on any atom is -0.352 e. The van der Waals surface area contributed by atoms with Crippen molar-refractivity contribution in [1.82, 2.24) is 15.5 Å². The van der Waals surface area contributed by atoms with Gasteiger partial charge in [-0.1, -0.05) is 0 Å². The summed E-state index contributed by atoms with van der Waals surface area (Å²) in [7, 11) is 0. The molecule has 1 saturated heterocycles. The standard InChI is InChI=1S/C16H21F2N3O2/c17-12-4-5-13(14(18)11-12)16(23)20-7-1-3-15(22)21-9-2-6-19-8-10-21/h4-5,11,19H,1-3,6-10H2,(H,20,23). The monoisotopic (exact) mass is 325 g/mol. The average molecular weight is 325 g/mol. The van der Waals surface area contributed by atoms with Crippen LogP contribution in [0.1, 0.15) is 29.6 Å². The Labute approximate surface area is 134 Å². The Bertz CT molecular complexity index is 558. The second-order valence-corrected chi connectivity index (χ2v) is 5.47. The molecule has 0 unspecified atom stereocenters. The van der Waals surface area contributed by atoms with E-state index in [0.717, 1.165) is 38.2 Å². The molecule has 2 rings (SSSR count). The highest BCUT2D eigenvalue weighted by molar-refractivity contribution is 5.94. The molecule has 5 nitrogen and oxygen atoms in total. The van der Waals surface area contributed by atoms with Crippen LogP contribution >= 0.6 is 0 Å². The normalized spacial score (nSPS) is 15.1. The number of halogens is 2. The van der Waals surface area contributed by atoms with Gasteiger partial charge >= 0.3 is 0 Å². The summed E-state index contributed by atoms with van der Waals surface area (Å²) in [4.78, 5) is 25.7. The van der Waals surface area contributed by atoms with Crippen LogP contribution in [-0.4, -0.2) is 49.4 Å². The second-order valence-electron chi connectivity index (χ2n) is 5.47. The molecule has 1 aromatic rings. The maximum Gasteiger partial charge on any atom is 0.254 e. The van der Waals surface area contributed by atoms with Crippen LogP contribution in [0.5, 0.6) is 0 Å². The van der Waals surface area contributed by atoms with Gasteiger partial charge in [-0.3, -0.25) is 9.59 Å². The summed E-state index contributed by atoms with van der Waals surface area (Å²) < 4.78 is 26.2. The Morgan fingerprint density at radius 3 is 2.83 bits per heavy atom. The van der Waals surface area contributed by atoms with Gasteiger partial charge in [-0.15, -0.1) is 0 Å². The topological polar surface area (TPSA) is 61.4 Å². The second kappa shape index (κ2) is 8.57. The van der Waals surface area contributed by atoms with Crippen molar-refractivity contribution in [3.8, 4) is 0 Å². The van der Waals surface area contributed by atoms with Gasteiger partial charge in [0.25, 0.3) is 5.91 Å². The van der Waals surface area contributed by atoms with Crippen LogP contribution in [0.2, 0.25) is 0 Å². The Morgan fingerprint density at radius 1 is 1.22 bits per heavy atom. The summed E-state index contributed by atoms with van der Waals surface area (Å²) >= 11 is 0. The highest BCUT2D eigenvalue weighted by atomic mass is 19.1. The van der Waals surface area contributed by atoms with Crippen LogP contribution in [-0.2, 0) is 4.79 Å². The van der Waals surface area contributed by atoms with E-state index in [0.29, 0.717) is 25.5 Å². The van der Waals surface area contributed by atoms with Crippen LogP contribution in [0.25, 0.3) is 0 Å². The maximum absolute atomic E-state index is 13.5. The molecule has 126 valence electrons. The lowest BCUT2D eigenvalue weighted by Crippen LogP contribution is -2.34. The van der Waals surface area contributed by atoms with Crippen LogP contribution in [0, 0.1) is 11.6 Å². The van der Waals surface area contributed by atoms with Crippen molar-refractivity contribution in [2.45, 2.75) is 19.3 Å². The number of nitrogens with zero attached hydrogens (tertiary/aromatic N) is 1. The third-order valence-electron chi connectivity index (χ3n) is 3.72. The van der Waals surface area contributed by atoms with E-state index in [1.807, 2.05) is 4.90 Å². The molecule has 1 aromatic carbocycles. The third kappa shape index (κ3) is 5.28. The van der Waals surface area contributed by atoms with E-state index >= 15 is 0 Å². The molecule has 1 heterocycles. The first-order valence-corrected chi connectivity index (χ1v) is 7.79. The number of nitrogens with one attached hydrogen (secondary N) is 2. The van der Waals surface area contributed by atoms with Crippen molar-refractivity contribution < 1.29 is 18.4 Å². The smallest absolute Gasteiger partial charge is 0.254 e. The lowest BCUT2D eigenvalue weighted by Gasteiger charge is -2.19. The fourth-order valence-corrected chi connectivity index (χ4v) is 2.46. The molecule has 0 aromatic heterocycles. The van der Waals surface area contributed by atoms with Crippen molar-refractivity contribution in [3.63, 3.8) is 0 Å². The quantitative estimate of drug-likeness (QED) is 0.802. The maximum atomic E-state index is 13.5. The summed E-state index contributed by atoms with van der Waals surface area (Å²) in [6, 6.07) is 2.82. The van der Waals surface area contributed by atoms with E-state index in [1.54, 1.807) is 0 Å². The van der Waals surface area contributed by atoms with Gasteiger partial charge in [-0.05, 0) is 31.5 Å². The number of benzene rings is 1. The van der Waals surface area contributed by atoms with Crippen molar-refractivity contribution in [2.75, 3.05) is 32.7 Å². The van der Waals surface area contributed by atoms with Gasteiger partial charge in [0.2, 0.25) is 5.91 Å². The molecule has 0 aliphatic carbocycles. The van der Waals surface area contributed by atoms with Crippen molar-refractivity contribution in [3.05, 3.63) is 35.4 Å². The molecule has 2 amide bonds. The lowest BCUT2D eigenvalue weighted by atomic mass is 10.2. The van der Waals surface area contributed by atoms with Gasteiger partial charge in [0.15, 0.2) is 0 Å². The van der Waals surface area contributed by atoms with Gasteiger partial charge in [0, 0.05) is 38.7 Å². The Kier molecular flexibility index (Phi) is 6.46. The SMILES string of the molecule is O=C(NCCCC(=O)N1CCCNCC1)c1ccc(F)cc1F. The van der Waals surface area contributed by atoms with E-state index < -0.39 is 17.5 Å². The zero-order chi connectivity index (χ0) is 16.7. The summed E-state index contributed by atoms with van der Waals surface area (Å²) in [5.41, 5.74) is -0.198. The van der Waals surface area contributed by atoms with E-state index in [-0.39, 0.29) is 18.0 Å². The number of amides is 2. The molecule has 0 spiro atoms. The first-order valence-electron chi connectivity index (χ1n) is 7.79. The first kappa shape index (κ1) is 17.3. The zero-order valence-electron chi connectivity index (χ0n) is 12.9. The molecule has 1 fully saturated rings. The summed E-state index contributed by atoms with van der Waals surface area (Å²) in [5, 5.41) is 5.77. The Hall–Kier alpha value is -2.02. The van der Waals surface area contributed by atoms with Gasteiger partial charge in [0.1, 0.15) is 11.6 Å².